The Labute approximate surface area is 157 Å². The van der Waals surface area contributed by atoms with Gasteiger partial charge >= 0.3 is 0 Å². The van der Waals surface area contributed by atoms with E-state index in [0.29, 0.717) is 24.8 Å². The third-order valence-electron chi connectivity index (χ3n) is 4.43. The van der Waals surface area contributed by atoms with Crippen LogP contribution in [-0.2, 0) is 10.0 Å². The highest BCUT2D eigenvalue weighted by molar-refractivity contribution is 7.92. The predicted octanol–water partition coefficient (Wildman–Crippen LogP) is 2.84. The highest BCUT2D eigenvalue weighted by Crippen LogP contribution is 2.30. The lowest BCUT2D eigenvalue weighted by molar-refractivity contribution is 0.219. The number of aryl methyl sites for hydroxylation is 1. The van der Waals surface area contributed by atoms with Crippen LogP contribution in [0.1, 0.15) is 22.9 Å². The molecule has 2 aromatic heterocycles. The quantitative estimate of drug-likeness (QED) is 0.674. The molecule has 0 radical (unpaired) electrons. The lowest BCUT2D eigenvalue weighted by Gasteiger charge is -2.34. The Kier molecular flexibility index (Phi) is 4.59. The monoisotopic (exact) mass is 382 g/mol. The second kappa shape index (κ2) is 7.05. The lowest BCUT2D eigenvalue weighted by Crippen LogP contribution is -2.47. The summed E-state index contributed by atoms with van der Waals surface area (Å²) in [5.41, 5.74) is 2.74. The molecule has 0 aliphatic carbocycles. The van der Waals surface area contributed by atoms with Crippen LogP contribution in [0.4, 0.5) is 0 Å². The van der Waals surface area contributed by atoms with Gasteiger partial charge in [0.15, 0.2) is 0 Å². The topological polar surface area (TPSA) is 89.2 Å². The zero-order chi connectivity index (χ0) is 18.9. The maximum Gasteiger partial charge on any atom is 0.236 e. The molecule has 0 amide bonds. The third-order valence-corrected chi connectivity index (χ3v) is 5.93. The fourth-order valence-corrected chi connectivity index (χ4v) is 4.02. The second-order valence-corrected chi connectivity index (χ2v) is 8.29. The van der Waals surface area contributed by atoms with Crippen molar-refractivity contribution in [1.29, 1.82) is 0 Å². The Hall–Kier alpha value is -2.84. The molecule has 0 spiro atoms. The fraction of sp³-hybridized carbons (Fsp3) is 0.211. The van der Waals surface area contributed by atoms with Crippen molar-refractivity contribution in [3.05, 3.63) is 71.2 Å². The molecule has 138 valence electrons. The summed E-state index contributed by atoms with van der Waals surface area (Å²) in [6.07, 6.45) is 4.93. The fourth-order valence-electron chi connectivity index (χ4n) is 2.74. The number of hydrogen-bond acceptors (Lipinski definition) is 6. The summed E-state index contributed by atoms with van der Waals surface area (Å²) in [5.74, 6) is 0.812. The molecule has 0 saturated carbocycles. The van der Waals surface area contributed by atoms with Crippen LogP contribution in [0.25, 0.3) is 17.5 Å². The van der Waals surface area contributed by atoms with Gasteiger partial charge in [-0.1, -0.05) is 35.0 Å². The summed E-state index contributed by atoms with van der Waals surface area (Å²) in [4.78, 5) is 8.39. The van der Waals surface area contributed by atoms with E-state index in [1.54, 1.807) is 24.5 Å². The minimum absolute atomic E-state index is 0.0922. The van der Waals surface area contributed by atoms with Gasteiger partial charge < -0.3 is 4.52 Å². The first-order valence-electron chi connectivity index (χ1n) is 8.50. The molecular weight excluding hydrogens is 364 g/mol. The average molecular weight is 382 g/mol. The van der Waals surface area contributed by atoms with Crippen LogP contribution in [0.5, 0.6) is 0 Å². The molecule has 1 saturated heterocycles. The van der Waals surface area contributed by atoms with Gasteiger partial charge in [0.1, 0.15) is 0 Å². The van der Waals surface area contributed by atoms with E-state index < -0.39 is 10.0 Å². The molecule has 27 heavy (non-hydrogen) atoms. The van der Waals surface area contributed by atoms with Crippen LogP contribution in [0, 0.1) is 6.92 Å². The molecule has 1 aliphatic rings. The number of pyridine rings is 1. The molecule has 3 heterocycles. The number of nitrogens with zero attached hydrogens (tertiary/aromatic N) is 4. The predicted molar refractivity (Wildman–Crippen MR) is 101 cm³/mol. The molecule has 1 aromatic carbocycles. The van der Waals surface area contributed by atoms with Gasteiger partial charge in [0.25, 0.3) is 0 Å². The Morgan fingerprint density at radius 2 is 1.96 bits per heavy atom. The van der Waals surface area contributed by atoms with Gasteiger partial charge in [0.2, 0.25) is 21.7 Å². The van der Waals surface area contributed by atoms with Crippen LogP contribution in [0.2, 0.25) is 0 Å². The van der Waals surface area contributed by atoms with Gasteiger partial charge in [-0.25, -0.2) is 8.42 Å². The van der Waals surface area contributed by atoms with Crippen molar-refractivity contribution in [1.82, 2.24) is 19.4 Å². The lowest BCUT2D eigenvalue weighted by atomic mass is 10.0. The van der Waals surface area contributed by atoms with Crippen molar-refractivity contribution in [3.8, 4) is 11.4 Å². The number of sulfonamides is 1. The molecule has 3 aromatic rings. The van der Waals surface area contributed by atoms with Crippen LogP contribution in [-0.4, -0.2) is 40.9 Å². The van der Waals surface area contributed by atoms with Crippen molar-refractivity contribution < 1.29 is 12.9 Å². The maximum absolute atomic E-state index is 12.4. The van der Waals surface area contributed by atoms with Crippen LogP contribution in [0.3, 0.4) is 0 Å². The van der Waals surface area contributed by atoms with Crippen LogP contribution >= 0.6 is 0 Å². The van der Waals surface area contributed by atoms with E-state index in [1.807, 2.05) is 37.3 Å². The van der Waals surface area contributed by atoms with E-state index in [2.05, 4.69) is 15.1 Å². The Morgan fingerprint density at radius 3 is 2.67 bits per heavy atom. The zero-order valence-corrected chi connectivity index (χ0v) is 15.5. The van der Waals surface area contributed by atoms with E-state index in [4.69, 9.17) is 4.52 Å². The molecule has 1 aliphatic heterocycles. The van der Waals surface area contributed by atoms with E-state index in [1.165, 1.54) is 9.71 Å². The van der Waals surface area contributed by atoms with Gasteiger partial charge in [-0.3, -0.25) is 4.98 Å². The summed E-state index contributed by atoms with van der Waals surface area (Å²) in [6.45, 7) is 2.65. The van der Waals surface area contributed by atoms with E-state index in [-0.39, 0.29) is 5.92 Å². The molecular formula is C19H18N4O3S. The molecule has 0 atom stereocenters. The molecule has 0 N–H and O–H groups in total. The summed E-state index contributed by atoms with van der Waals surface area (Å²) in [7, 11) is -3.47. The van der Waals surface area contributed by atoms with Gasteiger partial charge in [-0.15, -0.1) is 0 Å². The molecule has 7 nitrogen and oxygen atoms in total. The van der Waals surface area contributed by atoms with Crippen molar-refractivity contribution in [2.75, 3.05) is 13.1 Å². The summed E-state index contributed by atoms with van der Waals surface area (Å²) in [6, 6.07) is 11.3. The minimum Gasteiger partial charge on any atom is -0.339 e. The number of hydrogen-bond donors (Lipinski definition) is 0. The first kappa shape index (κ1) is 17.6. The Morgan fingerprint density at radius 1 is 1.19 bits per heavy atom. The Balaban J connectivity index is 1.40. The van der Waals surface area contributed by atoms with Crippen molar-refractivity contribution in [3.63, 3.8) is 0 Å². The molecule has 1 fully saturated rings. The Bertz CT molecular complexity index is 1050. The summed E-state index contributed by atoms with van der Waals surface area (Å²) < 4.78 is 31.5. The van der Waals surface area contributed by atoms with Crippen molar-refractivity contribution >= 4 is 16.1 Å². The molecule has 4 rings (SSSR count). The van der Waals surface area contributed by atoms with Crippen LogP contribution in [0.15, 0.2) is 58.7 Å². The van der Waals surface area contributed by atoms with Gasteiger partial charge in [-0.05, 0) is 30.7 Å². The first-order valence-corrected chi connectivity index (χ1v) is 10.0. The van der Waals surface area contributed by atoms with Crippen LogP contribution < -0.4 is 0 Å². The molecule has 0 unspecified atom stereocenters. The molecule has 0 bridgehead atoms. The highest BCUT2D eigenvalue weighted by Gasteiger charge is 2.38. The standard InChI is InChI=1S/C19H18N4O3S/c1-14-4-6-15(7-5-14)8-10-27(24,25)23-12-17(13-23)19-21-18(22-26-19)16-3-2-9-20-11-16/h2-11,17H,12-13H2,1H3/b10-8+. The minimum atomic E-state index is -3.47. The van der Waals surface area contributed by atoms with Gasteiger partial charge in [-0.2, -0.15) is 9.29 Å². The van der Waals surface area contributed by atoms with Crippen molar-refractivity contribution in [2.24, 2.45) is 0 Å². The number of rotatable bonds is 5. The summed E-state index contributed by atoms with van der Waals surface area (Å²) >= 11 is 0. The molecule has 8 heteroatoms. The normalized spacial score (nSPS) is 15.9. The van der Waals surface area contributed by atoms with Crippen molar-refractivity contribution in [2.45, 2.75) is 12.8 Å². The summed E-state index contributed by atoms with van der Waals surface area (Å²) in [5, 5.41) is 5.19. The SMILES string of the molecule is Cc1ccc(/C=C/S(=O)(=O)N2CC(c3nc(-c4cccnc4)no3)C2)cc1. The van der Waals surface area contributed by atoms with E-state index in [0.717, 1.165) is 16.7 Å². The average Bonchev–Trinajstić information content (AvgIpc) is 3.10. The van der Waals surface area contributed by atoms with Gasteiger partial charge in [0.05, 0.1) is 5.92 Å². The zero-order valence-electron chi connectivity index (χ0n) is 14.7. The highest BCUT2D eigenvalue weighted by atomic mass is 32.2. The third kappa shape index (κ3) is 3.81. The second-order valence-electron chi connectivity index (χ2n) is 6.47. The maximum atomic E-state index is 12.4. The van der Waals surface area contributed by atoms with Gasteiger partial charge in [0, 0.05) is 36.5 Å². The smallest absolute Gasteiger partial charge is 0.236 e. The first-order chi connectivity index (χ1) is 13.0. The largest absolute Gasteiger partial charge is 0.339 e. The van der Waals surface area contributed by atoms with E-state index in [9.17, 15) is 8.42 Å². The number of benzene rings is 1. The van der Waals surface area contributed by atoms with E-state index >= 15 is 0 Å². The number of aromatic nitrogens is 3.